The molecular weight excluding hydrogens is 272 g/mol. The smallest absolute Gasteiger partial charge is 0.243 e. The SMILES string of the molecule is NC(=NO)C(CNC1CCC(=O)NC1=O)c1ccccc1. The summed E-state index contributed by atoms with van der Waals surface area (Å²) in [6.45, 7) is 0.339. The van der Waals surface area contributed by atoms with Crippen molar-refractivity contribution in [1.82, 2.24) is 10.6 Å². The number of amides is 2. The summed E-state index contributed by atoms with van der Waals surface area (Å²) >= 11 is 0. The van der Waals surface area contributed by atoms with Gasteiger partial charge in [0.25, 0.3) is 0 Å². The molecule has 1 aromatic rings. The molecule has 0 spiro atoms. The molecule has 1 aliphatic rings. The van der Waals surface area contributed by atoms with Crippen LogP contribution in [0.1, 0.15) is 24.3 Å². The molecule has 21 heavy (non-hydrogen) atoms. The van der Waals surface area contributed by atoms with Crippen LogP contribution in [-0.2, 0) is 9.59 Å². The first kappa shape index (κ1) is 15.0. The lowest BCUT2D eigenvalue weighted by Gasteiger charge is -2.24. The van der Waals surface area contributed by atoms with Crippen LogP contribution in [-0.4, -0.2) is 35.4 Å². The van der Waals surface area contributed by atoms with Gasteiger partial charge in [-0.3, -0.25) is 14.9 Å². The molecule has 5 N–H and O–H groups in total. The topological polar surface area (TPSA) is 117 Å². The van der Waals surface area contributed by atoms with Crippen LogP contribution in [0, 0.1) is 0 Å². The van der Waals surface area contributed by atoms with Gasteiger partial charge in [0.2, 0.25) is 11.8 Å². The number of carbonyl (C=O) groups excluding carboxylic acids is 2. The second-order valence-electron chi connectivity index (χ2n) is 4.90. The van der Waals surface area contributed by atoms with Gasteiger partial charge in [-0.2, -0.15) is 0 Å². The Morgan fingerprint density at radius 3 is 2.76 bits per heavy atom. The maximum Gasteiger partial charge on any atom is 0.243 e. The van der Waals surface area contributed by atoms with Gasteiger partial charge < -0.3 is 16.3 Å². The quantitative estimate of drug-likeness (QED) is 0.199. The number of nitrogens with two attached hydrogens (primary N) is 1. The minimum absolute atomic E-state index is 0.0704. The van der Waals surface area contributed by atoms with Crippen molar-refractivity contribution in [2.45, 2.75) is 24.8 Å². The van der Waals surface area contributed by atoms with Crippen LogP contribution in [0.2, 0.25) is 0 Å². The average Bonchev–Trinajstić information content (AvgIpc) is 2.50. The van der Waals surface area contributed by atoms with E-state index in [2.05, 4.69) is 15.8 Å². The normalized spacial score (nSPS) is 21.0. The molecule has 2 atom stereocenters. The van der Waals surface area contributed by atoms with E-state index in [4.69, 9.17) is 10.9 Å². The highest BCUT2D eigenvalue weighted by Gasteiger charge is 2.27. The van der Waals surface area contributed by atoms with E-state index in [1.165, 1.54) is 0 Å². The fraction of sp³-hybridized carbons (Fsp3) is 0.357. The summed E-state index contributed by atoms with van der Waals surface area (Å²) < 4.78 is 0. The van der Waals surface area contributed by atoms with Gasteiger partial charge in [0.05, 0.1) is 12.0 Å². The highest BCUT2D eigenvalue weighted by molar-refractivity contribution is 6.00. The number of nitrogens with one attached hydrogen (secondary N) is 2. The van der Waals surface area contributed by atoms with Gasteiger partial charge in [-0.1, -0.05) is 35.5 Å². The van der Waals surface area contributed by atoms with Gasteiger partial charge >= 0.3 is 0 Å². The molecule has 1 fully saturated rings. The fourth-order valence-electron chi connectivity index (χ4n) is 2.30. The van der Waals surface area contributed by atoms with Crippen molar-refractivity contribution in [2.75, 3.05) is 6.54 Å². The van der Waals surface area contributed by atoms with Gasteiger partial charge in [-0.05, 0) is 12.0 Å². The third-order valence-corrected chi connectivity index (χ3v) is 3.48. The number of piperidine rings is 1. The Morgan fingerprint density at radius 1 is 1.43 bits per heavy atom. The van der Waals surface area contributed by atoms with E-state index in [0.29, 0.717) is 19.4 Å². The summed E-state index contributed by atoms with van der Waals surface area (Å²) in [5.41, 5.74) is 6.61. The molecule has 2 amide bonds. The lowest BCUT2D eigenvalue weighted by atomic mass is 9.97. The van der Waals surface area contributed by atoms with Crippen LogP contribution >= 0.6 is 0 Å². The van der Waals surface area contributed by atoms with Crippen LogP contribution in [0.4, 0.5) is 0 Å². The van der Waals surface area contributed by atoms with Crippen molar-refractivity contribution in [3.63, 3.8) is 0 Å². The zero-order valence-corrected chi connectivity index (χ0v) is 11.5. The van der Waals surface area contributed by atoms with Gasteiger partial charge in [-0.25, -0.2) is 0 Å². The van der Waals surface area contributed by atoms with Crippen molar-refractivity contribution in [3.05, 3.63) is 35.9 Å². The molecule has 7 nitrogen and oxygen atoms in total. The van der Waals surface area contributed by atoms with Gasteiger partial charge in [0.1, 0.15) is 5.84 Å². The summed E-state index contributed by atoms with van der Waals surface area (Å²) in [6, 6.07) is 8.89. The molecule has 0 aliphatic carbocycles. The first-order valence-electron chi connectivity index (χ1n) is 6.71. The molecule has 0 radical (unpaired) electrons. The monoisotopic (exact) mass is 290 g/mol. The van der Waals surface area contributed by atoms with E-state index in [1.807, 2.05) is 30.3 Å². The van der Waals surface area contributed by atoms with Crippen molar-refractivity contribution in [2.24, 2.45) is 10.9 Å². The minimum atomic E-state index is -0.444. The van der Waals surface area contributed by atoms with Crippen molar-refractivity contribution < 1.29 is 14.8 Å². The molecule has 1 aromatic carbocycles. The Kier molecular flexibility index (Phi) is 4.89. The molecule has 1 aliphatic heterocycles. The van der Waals surface area contributed by atoms with E-state index in [-0.39, 0.29) is 23.6 Å². The molecule has 1 saturated heterocycles. The second-order valence-corrected chi connectivity index (χ2v) is 4.90. The first-order chi connectivity index (χ1) is 10.1. The number of hydrogen-bond acceptors (Lipinski definition) is 5. The van der Waals surface area contributed by atoms with Crippen molar-refractivity contribution >= 4 is 17.6 Å². The van der Waals surface area contributed by atoms with Gasteiger partial charge in [0.15, 0.2) is 0 Å². The zero-order chi connectivity index (χ0) is 15.2. The highest BCUT2D eigenvalue weighted by atomic mass is 16.4. The molecule has 0 bridgehead atoms. The molecular formula is C14H18N4O3. The first-order valence-corrected chi connectivity index (χ1v) is 6.71. The van der Waals surface area contributed by atoms with E-state index in [0.717, 1.165) is 5.56 Å². The van der Waals surface area contributed by atoms with Crippen molar-refractivity contribution in [1.29, 1.82) is 0 Å². The number of carbonyl (C=O) groups is 2. The Bertz CT molecular complexity index is 544. The third kappa shape index (κ3) is 3.79. The average molecular weight is 290 g/mol. The van der Waals surface area contributed by atoms with E-state index in [9.17, 15) is 9.59 Å². The molecule has 112 valence electrons. The second kappa shape index (κ2) is 6.85. The number of rotatable bonds is 5. The van der Waals surface area contributed by atoms with E-state index >= 15 is 0 Å². The van der Waals surface area contributed by atoms with Crippen LogP contribution in [0.25, 0.3) is 0 Å². The lowest BCUT2D eigenvalue weighted by Crippen LogP contribution is -2.52. The predicted molar refractivity (Wildman–Crippen MR) is 76.8 cm³/mol. The third-order valence-electron chi connectivity index (χ3n) is 3.48. The van der Waals surface area contributed by atoms with Crippen molar-refractivity contribution in [3.8, 4) is 0 Å². The Hall–Kier alpha value is -2.41. The standard InChI is InChI=1S/C14H18N4O3/c15-13(18-21)10(9-4-2-1-3-5-9)8-16-11-6-7-12(19)17-14(11)20/h1-5,10-11,16,21H,6-8H2,(H2,15,18)(H,17,19,20). The highest BCUT2D eigenvalue weighted by Crippen LogP contribution is 2.16. The largest absolute Gasteiger partial charge is 0.409 e. The Labute approximate surface area is 122 Å². The number of imide groups is 1. The lowest BCUT2D eigenvalue weighted by molar-refractivity contribution is -0.134. The number of oxime groups is 1. The maximum atomic E-state index is 11.7. The number of amidine groups is 1. The summed E-state index contributed by atoms with van der Waals surface area (Å²) in [5, 5.41) is 17.3. The summed E-state index contributed by atoms with van der Waals surface area (Å²) in [5.74, 6) is -0.866. The molecule has 0 saturated carbocycles. The minimum Gasteiger partial charge on any atom is -0.409 e. The van der Waals surface area contributed by atoms with E-state index in [1.54, 1.807) is 0 Å². The number of hydrogen-bond donors (Lipinski definition) is 4. The van der Waals surface area contributed by atoms with Crippen LogP contribution in [0.3, 0.4) is 0 Å². The van der Waals surface area contributed by atoms with Crippen LogP contribution < -0.4 is 16.4 Å². The van der Waals surface area contributed by atoms with Gasteiger partial charge in [0, 0.05) is 13.0 Å². The predicted octanol–water partition coefficient (Wildman–Crippen LogP) is -0.0886. The molecule has 7 heteroatoms. The number of benzene rings is 1. The van der Waals surface area contributed by atoms with E-state index < -0.39 is 6.04 Å². The zero-order valence-electron chi connectivity index (χ0n) is 11.5. The van der Waals surface area contributed by atoms with Gasteiger partial charge in [-0.15, -0.1) is 0 Å². The molecule has 1 heterocycles. The number of nitrogens with zero attached hydrogens (tertiary/aromatic N) is 1. The van der Waals surface area contributed by atoms with Crippen LogP contribution in [0.15, 0.2) is 35.5 Å². The summed E-state index contributed by atoms with van der Waals surface area (Å²) in [4.78, 5) is 22.8. The molecule has 0 aromatic heterocycles. The molecule has 2 unspecified atom stereocenters. The fourth-order valence-corrected chi connectivity index (χ4v) is 2.30. The maximum absolute atomic E-state index is 11.7. The Balaban J connectivity index is 2.03. The molecule has 2 rings (SSSR count). The Morgan fingerprint density at radius 2 is 2.14 bits per heavy atom. The summed E-state index contributed by atoms with van der Waals surface area (Å²) in [7, 11) is 0. The summed E-state index contributed by atoms with van der Waals surface area (Å²) in [6.07, 6.45) is 0.755. The van der Waals surface area contributed by atoms with Crippen LogP contribution in [0.5, 0.6) is 0 Å².